The number of aromatic carboxylic acids is 1. The second kappa shape index (κ2) is 13.7. The average molecular weight is 563 g/mol. The van der Waals surface area contributed by atoms with E-state index in [2.05, 4.69) is 0 Å². The third-order valence-electron chi connectivity index (χ3n) is 4.26. The molecule has 0 amide bonds. The number of carbonyl (C=O) groups is 3. The fourth-order valence-electron chi connectivity index (χ4n) is 2.98. The summed E-state index contributed by atoms with van der Waals surface area (Å²) in [5.41, 5.74) is 1.08. The van der Waals surface area contributed by atoms with Crippen molar-refractivity contribution in [3.05, 3.63) is 48.0 Å². The first-order valence-electron chi connectivity index (χ1n) is 9.08. The number of benzene rings is 2. The number of hydrogen-bond acceptors (Lipinski definition) is 8. The summed E-state index contributed by atoms with van der Waals surface area (Å²) in [6.45, 7) is 0.0346. The van der Waals surface area contributed by atoms with Crippen LogP contribution in [0.2, 0.25) is 0 Å². The number of rotatable bonds is 11. The Morgan fingerprint density at radius 2 is 1.28 bits per heavy atom. The van der Waals surface area contributed by atoms with Crippen LogP contribution in [-0.2, 0) is 57.2 Å². The number of anilines is 2. The summed E-state index contributed by atoms with van der Waals surface area (Å²) in [6.07, 6.45) is 0.430. The molecular weight excluding hydrogens is 542 g/mol. The van der Waals surface area contributed by atoms with Gasteiger partial charge < -0.3 is 50.4 Å². The van der Waals surface area contributed by atoms with Gasteiger partial charge in [0.15, 0.2) is 0 Å². The number of carboxylic acids is 3. The van der Waals surface area contributed by atoms with Gasteiger partial charge in [-0.1, -0.05) is 24.3 Å². The van der Waals surface area contributed by atoms with Gasteiger partial charge in [0, 0.05) is 24.5 Å². The third kappa shape index (κ3) is 8.46. The van der Waals surface area contributed by atoms with Crippen LogP contribution in [-0.4, -0.2) is 59.4 Å². The Morgan fingerprint density at radius 3 is 1.72 bits per heavy atom. The molecule has 2 rings (SSSR count). The number of para-hydroxylation sites is 1. The average Bonchev–Trinajstić information content (AvgIpc) is 2.73. The van der Waals surface area contributed by atoms with Crippen LogP contribution >= 0.6 is 0 Å². The zero-order valence-electron chi connectivity index (χ0n) is 16.6. The summed E-state index contributed by atoms with van der Waals surface area (Å²) in [6, 6.07) is 11.2. The van der Waals surface area contributed by atoms with Crippen LogP contribution in [0.5, 0.6) is 0 Å². The predicted molar refractivity (Wildman–Crippen MR) is 116 cm³/mol. The van der Waals surface area contributed by atoms with E-state index >= 15 is 0 Å². The van der Waals surface area contributed by atoms with Gasteiger partial charge in [0.05, 0.1) is 5.56 Å². The maximum absolute atomic E-state index is 11.3. The van der Waals surface area contributed by atoms with Gasteiger partial charge in [0.1, 0.15) is 13.1 Å². The fourth-order valence-corrected chi connectivity index (χ4v) is 3.57. The van der Waals surface area contributed by atoms with Crippen molar-refractivity contribution >= 4 is 54.5 Å². The topological polar surface area (TPSA) is 135 Å². The molecule has 0 heterocycles. The van der Waals surface area contributed by atoms with Gasteiger partial charge in [-0.25, -0.2) is 4.79 Å². The molecule has 0 radical (unpaired) electrons. The van der Waals surface area contributed by atoms with Gasteiger partial charge in [0.25, 0.3) is 0 Å². The Balaban J connectivity index is 0.00000249. The molecule has 0 aliphatic carbocycles. The molecule has 32 heavy (non-hydrogen) atoms. The molecular formula is C20H20N2O7S2Tc+2. The Labute approximate surface area is 206 Å². The molecule has 0 aliphatic rings. The number of carboxylic acid groups (broad SMARTS) is 3. The van der Waals surface area contributed by atoms with Crippen molar-refractivity contribution in [2.24, 2.45) is 0 Å². The van der Waals surface area contributed by atoms with E-state index in [0.29, 0.717) is 29.2 Å². The quantitative estimate of drug-likeness (QED) is 0.347. The standard InChI is InChI=1S/C20H22N2O6S2.O.Tc/c23-18(24)11-21(14-4-1-2-5-16(14)29)8-3-9-22(12-19(25)26)15-7-6-13(20(27)28)10-17(15)30;;/h1-2,4-7,10,29-30H,3,8-9,11-12H2,(H,23,24)(H,25,26)(H,27,28);;/q;;+4/p-2. The molecule has 0 fully saturated rings. The Morgan fingerprint density at radius 1 is 0.781 bits per heavy atom. The summed E-state index contributed by atoms with van der Waals surface area (Å²) in [5.74, 6) is -3.19. The van der Waals surface area contributed by atoms with E-state index in [0.717, 1.165) is 18.9 Å². The summed E-state index contributed by atoms with van der Waals surface area (Å²) in [4.78, 5) is 37.6. The molecule has 9 nitrogen and oxygen atoms in total. The zero-order valence-corrected chi connectivity index (χ0v) is 20.1. The van der Waals surface area contributed by atoms with Gasteiger partial charge >= 0.3 is 40.3 Å². The van der Waals surface area contributed by atoms with Crippen LogP contribution in [0, 0.1) is 0 Å². The molecule has 0 unspecified atom stereocenters. The first-order valence-corrected chi connectivity index (χ1v) is 10.7. The van der Waals surface area contributed by atoms with Crippen LogP contribution < -0.4 is 9.80 Å². The predicted octanol–water partition coefficient (Wildman–Crippen LogP) is 1.95. The number of nitrogens with zero attached hydrogens (tertiary/aromatic N) is 2. The van der Waals surface area contributed by atoms with Crippen molar-refractivity contribution in [3.8, 4) is 0 Å². The van der Waals surface area contributed by atoms with E-state index in [4.69, 9.17) is 33.9 Å². The van der Waals surface area contributed by atoms with Crippen molar-refractivity contribution in [1.82, 2.24) is 0 Å². The molecule has 0 saturated carbocycles. The van der Waals surface area contributed by atoms with E-state index in [-0.39, 0.29) is 30.1 Å². The van der Waals surface area contributed by atoms with E-state index < -0.39 is 17.9 Å². The maximum atomic E-state index is 11.3. The monoisotopic (exact) mass is 561 g/mol. The fraction of sp³-hybridized carbons (Fsp3) is 0.250. The van der Waals surface area contributed by atoms with Crippen LogP contribution in [0.3, 0.4) is 0 Å². The van der Waals surface area contributed by atoms with Gasteiger partial charge in [0.2, 0.25) is 0 Å². The summed E-state index contributed by atoms with van der Waals surface area (Å²) in [7, 11) is 0. The number of aliphatic carboxylic acids is 2. The molecule has 3 N–H and O–H groups in total. The summed E-state index contributed by atoms with van der Waals surface area (Å²) < 4.78 is 8.22. The Kier molecular flexibility index (Phi) is 11.7. The molecule has 0 aromatic heterocycles. The van der Waals surface area contributed by atoms with Gasteiger partial charge in [-0.2, -0.15) is 9.79 Å². The van der Waals surface area contributed by atoms with Gasteiger partial charge in [-0.15, -0.1) is 0 Å². The van der Waals surface area contributed by atoms with Gasteiger partial charge in [-0.3, -0.25) is 9.59 Å². The molecule has 12 heteroatoms. The van der Waals surface area contributed by atoms with Crippen molar-refractivity contribution < 1.29 is 52.1 Å². The molecule has 0 spiro atoms. The first-order chi connectivity index (χ1) is 15.2. The van der Waals surface area contributed by atoms with Gasteiger partial charge in [-0.05, 0) is 24.6 Å². The van der Waals surface area contributed by atoms with Crippen LogP contribution in [0.1, 0.15) is 16.8 Å². The molecule has 2 aromatic rings. The van der Waals surface area contributed by atoms with Crippen LogP contribution in [0.15, 0.2) is 52.3 Å². The van der Waals surface area contributed by atoms with Crippen LogP contribution in [0.25, 0.3) is 0 Å². The summed E-state index contributed by atoms with van der Waals surface area (Å²) >= 11 is 11.4. The van der Waals surface area contributed by atoms with E-state index in [9.17, 15) is 24.6 Å². The second-order valence-corrected chi connectivity index (χ2v) is 7.32. The molecule has 0 aliphatic heterocycles. The van der Waals surface area contributed by atoms with Crippen molar-refractivity contribution in [3.63, 3.8) is 0 Å². The number of hydrogen-bond donors (Lipinski definition) is 3. The molecule has 0 bridgehead atoms. The normalized spacial score (nSPS) is 9.94. The molecule has 2 aromatic carbocycles. The summed E-state index contributed by atoms with van der Waals surface area (Å²) in [5, 5.41) is 27.5. The third-order valence-corrected chi connectivity index (χ3v) is 4.93. The minimum atomic E-state index is -1.12. The Hall–Kier alpha value is -2.66. The minimum absolute atomic E-state index is 0.0220. The van der Waals surface area contributed by atoms with Crippen molar-refractivity contribution in [1.29, 1.82) is 0 Å². The molecule has 0 atom stereocenters. The van der Waals surface area contributed by atoms with E-state index in [1.54, 1.807) is 29.2 Å². The molecule has 169 valence electrons. The van der Waals surface area contributed by atoms with Crippen molar-refractivity contribution in [2.45, 2.75) is 16.2 Å². The van der Waals surface area contributed by atoms with Crippen molar-refractivity contribution in [2.75, 3.05) is 36.0 Å². The Bertz CT molecular complexity index is 961. The zero-order chi connectivity index (χ0) is 24.3. The SMILES string of the molecule is O=C(O)CN(CCCN(CC(=O)O)c1ccc(C(=O)O)cc1[S-])c1ccccc1[S-].[O]=[Tc+4]. The van der Waals surface area contributed by atoms with E-state index in [1.165, 1.54) is 23.1 Å². The molecule has 0 saturated heterocycles. The van der Waals surface area contributed by atoms with Crippen LogP contribution in [0.4, 0.5) is 11.4 Å². The second-order valence-electron chi connectivity index (χ2n) is 6.44. The first kappa shape index (κ1) is 27.4. The van der Waals surface area contributed by atoms with E-state index in [1.807, 2.05) is 0 Å².